The fourth-order valence-electron chi connectivity index (χ4n) is 1.78. The maximum atomic E-state index is 12.5. The Hall–Kier alpha value is -1.20. The zero-order chi connectivity index (χ0) is 12.8. The zero-order valence-electron chi connectivity index (χ0n) is 9.87. The van der Waals surface area contributed by atoms with Crippen LogP contribution >= 0.6 is 0 Å². The summed E-state index contributed by atoms with van der Waals surface area (Å²) in [7, 11) is 0. The van der Waals surface area contributed by atoms with Gasteiger partial charge in [-0.15, -0.1) is 0 Å². The van der Waals surface area contributed by atoms with Gasteiger partial charge in [-0.1, -0.05) is 17.7 Å². The lowest BCUT2D eigenvalue weighted by Crippen LogP contribution is -2.32. The molecule has 0 fully saturated rings. The van der Waals surface area contributed by atoms with Crippen molar-refractivity contribution < 1.29 is 13.9 Å². The fourth-order valence-corrected chi connectivity index (χ4v) is 1.78. The number of hydrogen-bond acceptors (Lipinski definition) is 3. The number of rotatable bonds is 6. The van der Waals surface area contributed by atoms with E-state index >= 15 is 0 Å². The Morgan fingerprint density at radius 1 is 1.41 bits per heavy atom. The number of aliphatic hydroxyl groups is 1. The van der Waals surface area contributed by atoms with Crippen molar-refractivity contribution in [2.24, 2.45) is 5.73 Å². The summed E-state index contributed by atoms with van der Waals surface area (Å²) >= 11 is 0. The van der Waals surface area contributed by atoms with E-state index in [1.165, 1.54) is 4.90 Å². The maximum Gasteiger partial charge on any atom is 0.255 e. The standard InChI is InChI=1S/C12H18F2N2O/c1-9-2-3-11(10(6-9)7-15)16(4-5-17)8-12(13)14/h2-3,6,12,17H,4-5,7-8,15H2,1H3. The van der Waals surface area contributed by atoms with E-state index in [4.69, 9.17) is 10.8 Å². The highest BCUT2D eigenvalue weighted by Crippen LogP contribution is 2.22. The van der Waals surface area contributed by atoms with E-state index in [9.17, 15) is 8.78 Å². The lowest BCUT2D eigenvalue weighted by atomic mass is 10.1. The van der Waals surface area contributed by atoms with Crippen molar-refractivity contribution in [3.63, 3.8) is 0 Å². The summed E-state index contributed by atoms with van der Waals surface area (Å²) in [4.78, 5) is 1.46. The van der Waals surface area contributed by atoms with Crippen LogP contribution in [-0.4, -0.2) is 31.2 Å². The van der Waals surface area contributed by atoms with Gasteiger partial charge in [-0.05, 0) is 18.6 Å². The van der Waals surface area contributed by atoms with Crippen LogP contribution < -0.4 is 10.6 Å². The molecule has 0 unspecified atom stereocenters. The normalized spacial score (nSPS) is 10.9. The van der Waals surface area contributed by atoms with Crippen molar-refractivity contribution in [3.8, 4) is 0 Å². The summed E-state index contributed by atoms with van der Waals surface area (Å²) in [6.07, 6.45) is -2.44. The molecular weight excluding hydrogens is 226 g/mol. The molecule has 1 aromatic rings. The van der Waals surface area contributed by atoms with Crippen LogP contribution in [0.1, 0.15) is 11.1 Å². The van der Waals surface area contributed by atoms with E-state index in [0.29, 0.717) is 12.2 Å². The second-order valence-electron chi connectivity index (χ2n) is 3.90. The first-order chi connectivity index (χ1) is 8.08. The van der Waals surface area contributed by atoms with Gasteiger partial charge in [0.15, 0.2) is 0 Å². The van der Waals surface area contributed by atoms with E-state index in [0.717, 1.165) is 11.1 Å². The molecule has 17 heavy (non-hydrogen) atoms. The molecule has 3 N–H and O–H groups in total. The molecule has 0 aliphatic heterocycles. The zero-order valence-corrected chi connectivity index (χ0v) is 9.87. The van der Waals surface area contributed by atoms with E-state index in [1.807, 2.05) is 19.1 Å². The Morgan fingerprint density at radius 3 is 2.65 bits per heavy atom. The van der Waals surface area contributed by atoms with Gasteiger partial charge < -0.3 is 15.7 Å². The Labute approximate surface area is 99.8 Å². The molecule has 0 amide bonds. The Kier molecular flexibility index (Phi) is 5.31. The second-order valence-corrected chi connectivity index (χ2v) is 3.90. The number of anilines is 1. The highest BCUT2D eigenvalue weighted by atomic mass is 19.3. The second kappa shape index (κ2) is 6.51. The number of halogens is 2. The number of nitrogens with two attached hydrogens (primary N) is 1. The Morgan fingerprint density at radius 2 is 2.12 bits per heavy atom. The van der Waals surface area contributed by atoms with Crippen molar-refractivity contribution in [2.75, 3.05) is 24.6 Å². The minimum absolute atomic E-state index is 0.162. The molecule has 1 aromatic carbocycles. The highest BCUT2D eigenvalue weighted by molar-refractivity contribution is 5.55. The molecule has 3 nitrogen and oxygen atoms in total. The van der Waals surface area contributed by atoms with E-state index in [1.54, 1.807) is 6.07 Å². The van der Waals surface area contributed by atoms with Gasteiger partial charge in [0.1, 0.15) is 0 Å². The molecule has 1 rings (SSSR count). The summed E-state index contributed by atoms with van der Waals surface area (Å²) in [6.45, 7) is 1.84. The van der Waals surface area contributed by atoms with Gasteiger partial charge in [-0.3, -0.25) is 0 Å². The maximum absolute atomic E-state index is 12.5. The first kappa shape index (κ1) is 13.9. The van der Waals surface area contributed by atoms with Crippen LogP contribution in [0.4, 0.5) is 14.5 Å². The third-order valence-electron chi connectivity index (χ3n) is 2.52. The molecule has 0 radical (unpaired) electrons. The topological polar surface area (TPSA) is 49.5 Å². The van der Waals surface area contributed by atoms with Crippen LogP contribution in [0.15, 0.2) is 18.2 Å². The molecule has 0 saturated carbocycles. The summed E-state index contributed by atoms with van der Waals surface area (Å²) in [6, 6.07) is 5.51. The SMILES string of the molecule is Cc1ccc(N(CCO)CC(F)F)c(CN)c1. The average Bonchev–Trinajstić information content (AvgIpc) is 2.27. The van der Waals surface area contributed by atoms with Gasteiger partial charge in [0, 0.05) is 18.8 Å². The first-order valence-corrected chi connectivity index (χ1v) is 5.52. The van der Waals surface area contributed by atoms with Gasteiger partial charge in [-0.2, -0.15) is 0 Å². The summed E-state index contributed by atoms with van der Waals surface area (Å²) < 4.78 is 24.9. The fraction of sp³-hybridized carbons (Fsp3) is 0.500. The molecule has 96 valence electrons. The monoisotopic (exact) mass is 244 g/mol. The molecule has 0 saturated heterocycles. The number of hydrogen-bond donors (Lipinski definition) is 2. The molecule has 0 bridgehead atoms. The van der Waals surface area contributed by atoms with Crippen LogP contribution in [0.2, 0.25) is 0 Å². The van der Waals surface area contributed by atoms with E-state index in [2.05, 4.69) is 0 Å². The minimum atomic E-state index is -2.44. The summed E-state index contributed by atoms with van der Waals surface area (Å²) in [5.74, 6) is 0. The van der Waals surface area contributed by atoms with Gasteiger partial charge in [-0.25, -0.2) is 8.78 Å². The number of aryl methyl sites for hydroxylation is 1. The Balaban J connectivity index is 2.99. The third-order valence-corrected chi connectivity index (χ3v) is 2.52. The van der Waals surface area contributed by atoms with Crippen molar-refractivity contribution in [1.29, 1.82) is 0 Å². The average molecular weight is 244 g/mol. The van der Waals surface area contributed by atoms with Gasteiger partial charge >= 0.3 is 0 Å². The lowest BCUT2D eigenvalue weighted by molar-refractivity contribution is 0.152. The van der Waals surface area contributed by atoms with Crippen molar-refractivity contribution in [1.82, 2.24) is 0 Å². The van der Waals surface area contributed by atoms with Crippen molar-refractivity contribution in [2.45, 2.75) is 19.9 Å². The van der Waals surface area contributed by atoms with E-state index < -0.39 is 13.0 Å². The Bertz CT molecular complexity index is 358. The number of nitrogens with zero attached hydrogens (tertiary/aromatic N) is 1. The van der Waals surface area contributed by atoms with Gasteiger partial charge in [0.05, 0.1) is 13.2 Å². The van der Waals surface area contributed by atoms with Crippen LogP contribution in [0.25, 0.3) is 0 Å². The van der Waals surface area contributed by atoms with Crippen LogP contribution in [0.5, 0.6) is 0 Å². The molecule has 0 aromatic heterocycles. The largest absolute Gasteiger partial charge is 0.395 e. The molecule has 0 heterocycles. The molecule has 0 aliphatic rings. The number of alkyl halides is 2. The smallest absolute Gasteiger partial charge is 0.255 e. The highest BCUT2D eigenvalue weighted by Gasteiger charge is 2.15. The minimum Gasteiger partial charge on any atom is -0.395 e. The van der Waals surface area contributed by atoms with Crippen LogP contribution in [0, 0.1) is 6.92 Å². The predicted octanol–water partition coefficient (Wildman–Crippen LogP) is 1.52. The van der Waals surface area contributed by atoms with Crippen molar-refractivity contribution >= 4 is 5.69 Å². The molecule has 0 aliphatic carbocycles. The first-order valence-electron chi connectivity index (χ1n) is 5.52. The predicted molar refractivity (Wildman–Crippen MR) is 64.4 cm³/mol. The number of aliphatic hydroxyl groups excluding tert-OH is 1. The van der Waals surface area contributed by atoms with Crippen LogP contribution in [-0.2, 0) is 6.54 Å². The van der Waals surface area contributed by atoms with Crippen LogP contribution in [0.3, 0.4) is 0 Å². The molecule has 0 atom stereocenters. The summed E-state index contributed by atoms with van der Waals surface area (Å²) in [5, 5.41) is 8.91. The van der Waals surface area contributed by atoms with E-state index in [-0.39, 0.29) is 13.2 Å². The number of benzene rings is 1. The summed E-state index contributed by atoms with van der Waals surface area (Å²) in [5.41, 5.74) is 8.14. The molecule has 5 heteroatoms. The van der Waals surface area contributed by atoms with Crippen molar-refractivity contribution in [3.05, 3.63) is 29.3 Å². The third kappa shape index (κ3) is 3.94. The molecular formula is C12H18F2N2O. The lowest BCUT2D eigenvalue weighted by Gasteiger charge is -2.26. The quantitative estimate of drug-likeness (QED) is 0.797. The molecule has 0 spiro atoms. The van der Waals surface area contributed by atoms with Gasteiger partial charge in [0.2, 0.25) is 0 Å². The van der Waals surface area contributed by atoms with Gasteiger partial charge in [0.25, 0.3) is 6.43 Å².